The number of quaternary nitrogens is 1. The monoisotopic (exact) mass is 1020 g/mol. The van der Waals surface area contributed by atoms with E-state index >= 15 is 0 Å². The topological polar surface area (TPSA) is 108 Å². The number of phosphoric acid groups is 1. The van der Waals surface area contributed by atoms with Gasteiger partial charge in [0, 0.05) is 6.42 Å². The molecule has 0 aliphatic carbocycles. The lowest BCUT2D eigenvalue weighted by Gasteiger charge is -2.29. The minimum atomic E-state index is -4.60. The first-order valence-corrected chi connectivity index (χ1v) is 32.7. The van der Waals surface area contributed by atoms with Crippen molar-refractivity contribution in [2.75, 3.05) is 40.9 Å². The highest BCUT2D eigenvalue weighted by Crippen LogP contribution is 2.38. The van der Waals surface area contributed by atoms with E-state index in [0.29, 0.717) is 17.4 Å². The summed E-state index contributed by atoms with van der Waals surface area (Å²) in [6.07, 6.45) is 68.6. The van der Waals surface area contributed by atoms with Gasteiger partial charge in [0.05, 0.1) is 39.9 Å². The minimum absolute atomic E-state index is 0.00368. The largest absolute Gasteiger partial charge is 0.756 e. The predicted octanol–water partition coefficient (Wildman–Crippen LogP) is 18.5. The molecule has 8 nitrogen and oxygen atoms in total. The molecule has 0 aliphatic rings. The number of aliphatic hydroxyl groups is 1. The highest BCUT2D eigenvalue weighted by Gasteiger charge is 2.23. The Morgan fingerprint density at radius 1 is 0.479 bits per heavy atom. The molecule has 0 aromatic carbocycles. The lowest BCUT2D eigenvalue weighted by molar-refractivity contribution is -0.870. The zero-order valence-electron chi connectivity index (χ0n) is 48.2. The van der Waals surface area contributed by atoms with E-state index in [1.807, 2.05) is 27.2 Å². The molecule has 0 aromatic rings. The number of unbranched alkanes of at least 4 members (excludes halogenated alkanes) is 43. The highest BCUT2D eigenvalue weighted by molar-refractivity contribution is 7.45. The van der Waals surface area contributed by atoms with Crippen molar-refractivity contribution < 1.29 is 32.9 Å². The molecular weight excluding hydrogens is 900 g/mol. The van der Waals surface area contributed by atoms with E-state index in [-0.39, 0.29) is 19.1 Å². The van der Waals surface area contributed by atoms with Crippen molar-refractivity contribution in [1.29, 1.82) is 0 Å². The van der Waals surface area contributed by atoms with Crippen LogP contribution in [0.3, 0.4) is 0 Å². The van der Waals surface area contributed by atoms with Gasteiger partial charge in [-0.3, -0.25) is 9.36 Å². The third kappa shape index (κ3) is 56.5. The van der Waals surface area contributed by atoms with Crippen LogP contribution in [0.1, 0.15) is 316 Å². The standard InChI is InChI=1S/C62H123N2O6P/c1-6-8-10-12-14-16-18-20-22-24-25-26-27-28-29-30-31-32-33-34-35-36-37-38-40-41-43-45-47-49-51-53-55-61(65)60(59-70-71(67,68)69-58-57-64(3,4)5)63-62(66)56-54-52-50-48-46-44-42-39-23-21-19-17-15-13-11-9-7-2/h45,47,53,55,60-61,65H,6-44,46,48-52,54,56-59H2,1-5H3,(H-,63,66,67,68)/b47-45+,55-53+. The van der Waals surface area contributed by atoms with Gasteiger partial charge in [-0.25, -0.2) is 0 Å². The summed E-state index contributed by atoms with van der Waals surface area (Å²) in [5.41, 5.74) is 0. The first-order valence-electron chi connectivity index (χ1n) is 31.2. The lowest BCUT2D eigenvalue weighted by Crippen LogP contribution is -2.45. The van der Waals surface area contributed by atoms with E-state index in [1.54, 1.807) is 6.08 Å². The van der Waals surface area contributed by atoms with Gasteiger partial charge in [-0.2, -0.15) is 0 Å². The van der Waals surface area contributed by atoms with E-state index in [1.165, 1.54) is 257 Å². The Morgan fingerprint density at radius 2 is 0.789 bits per heavy atom. The van der Waals surface area contributed by atoms with Crippen LogP contribution in [0.2, 0.25) is 0 Å². The Hall–Kier alpha value is -1.02. The van der Waals surface area contributed by atoms with Gasteiger partial charge >= 0.3 is 0 Å². The summed E-state index contributed by atoms with van der Waals surface area (Å²) < 4.78 is 23.4. The number of likely N-dealkylation sites (N-methyl/N-ethyl adjacent to an activating group) is 1. The van der Waals surface area contributed by atoms with Crippen LogP contribution >= 0.6 is 7.82 Å². The molecule has 1 amide bonds. The molecule has 0 aliphatic heterocycles. The summed E-state index contributed by atoms with van der Waals surface area (Å²) in [6.45, 7) is 4.68. The summed E-state index contributed by atoms with van der Waals surface area (Å²) in [6, 6.07) is -0.900. The molecule has 0 saturated heterocycles. The zero-order chi connectivity index (χ0) is 52.0. The predicted molar refractivity (Wildman–Crippen MR) is 307 cm³/mol. The number of carbonyl (C=O) groups excluding carboxylic acids is 1. The fraction of sp³-hybridized carbons (Fsp3) is 0.919. The van der Waals surface area contributed by atoms with Gasteiger partial charge < -0.3 is 28.8 Å². The fourth-order valence-corrected chi connectivity index (χ4v) is 10.2. The first-order chi connectivity index (χ1) is 34.5. The lowest BCUT2D eigenvalue weighted by atomic mass is 10.0. The fourth-order valence-electron chi connectivity index (χ4n) is 9.53. The van der Waals surface area contributed by atoms with Gasteiger partial charge in [-0.05, 0) is 32.1 Å². The molecule has 0 aromatic heterocycles. The molecule has 0 saturated carbocycles. The summed E-state index contributed by atoms with van der Waals surface area (Å²) in [5, 5.41) is 13.9. The third-order valence-electron chi connectivity index (χ3n) is 14.4. The molecule has 71 heavy (non-hydrogen) atoms. The van der Waals surface area contributed by atoms with E-state index in [2.05, 4.69) is 31.3 Å². The van der Waals surface area contributed by atoms with E-state index in [9.17, 15) is 19.4 Å². The van der Waals surface area contributed by atoms with E-state index in [4.69, 9.17) is 9.05 Å². The maximum atomic E-state index is 13.0. The molecule has 9 heteroatoms. The summed E-state index contributed by atoms with van der Waals surface area (Å²) in [5.74, 6) is -0.201. The Morgan fingerprint density at radius 3 is 1.14 bits per heavy atom. The molecule has 3 unspecified atom stereocenters. The van der Waals surface area contributed by atoms with Crippen molar-refractivity contribution in [2.24, 2.45) is 0 Å². The average Bonchev–Trinajstić information content (AvgIpc) is 3.33. The third-order valence-corrected chi connectivity index (χ3v) is 15.4. The Bertz CT molecular complexity index is 1210. The molecule has 3 atom stereocenters. The van der Waals surface area contributed by atoms with Crippen LogP contribution in [-0.4, -0.2) is 68.5 Å². The second kappa shape index (κ2) is 53.8. The van der Waals surface area contributed by atoms with Gasteiger partial charge in [-0.15, -0.1) is 0 Å². The van der Waals surface area contributed by atoms with Crippen molar-refractivity contribution in [3.05, 3.63) is 24.3 Å². The molecule has 0 heterocycles. The van der Waals surface area contributed by atoms with Crippen LogP contribution in [-0.2, 0) is 18.4 Å². The number of aliphatic hydroxyl groups excluding tert-OH is 1. The average molecular weight is 1020 g/mol. The molecular formula is C62H123N2O6P. The van der Waals surface area contributed by atoms with E-state index < -0.39 is 20.0 Å². The summed E-state index contributed by atoms with van der Waals surface area (Å²) in [4.78, 5) is 25.5. The number of hydrogen-bond donors (Lipinski definition) is 2. The Balaban J connectivity index is 4.10. The summed E-state index contributed by atoms with van der Waals surface area (Å²) >= 11 is 0. The second-order valence-electron chi connectivity index (χ2n) is 22.8. The van der Waals surface area contributed by atoms with Gasteiger partial charge in [0.15, 0.2) is 0 Å². The number of rotatable bonds is 58. The first kappa shape index (κ1) is 70.0. The number of nitrogens with zero attached hydrogens (tertiary/aromatic N) is 1. The number of allylic oxidation sites excluding steroid dienone is 3. The van der Waals surface area contributed by atoms with Crippen LogP contribution in [0.5, 0.6) is 0 Å². The quantitative estimate of drug-likeness (QED) is 0.0272. The van der Waals surface area contributed by atoms with Crippen LogP contribution in [0.4, 0.5) is 0 Å². The van der Waals surface area contributed by atoms with Gasteiger partial charge in [0.2, 0.25) is 5.91 Å². The summed E-state index contributed by atoms with van der Waals surface area (Å²) in [7, 11) is 1.26. The number of hydrogen-bond acceptors (Lipinski definition) is 6. The maximum Gasteiger partial charge on any atom is 0.268 e. The minimum Gasteiger partial charge on any atom is -0.756 e. The Kier molecular flexibility index (Phi) is 53.0. The van der Waals surface area contributed by atoms with Crippen molar-refractivity contribution in [1.82, 2.24) is 5.32 Å². The molecule has 2 N–H and O–H groups in total. The molecule has 0 radical (unpaired) electrons. The van der Waals surface area contributed by atoms with Crippen LogP contribution < -0.4 is 10.2 Å². The highest BCUT2D eigenvalue weighted by atomic mass is 31.2. The molecule has 0 bridgehead atoms. The zero-order valence-corrected chi connectivity index (χ0v) is 49.1. The molecule has 0 rings (SSSR count). The second-order valence-corrected chi connectivity index (χ2v) is 24.2. The van der Waals surface area contributed by atoms with Crippen molar-refractivity contribution in [2.45, 2.75) is 328 Å². The van der Waals surface area contributed by atoms with Crippen molar-refractivity contribution in [3.8, 4) is 0 Å². The van der Waals surface area contributed by atoms with Crippen molar-refractivity contribution >= 4 is 13.7 Å². The molecule has 422 valence electrons. The maximum absolute atomic E-state index is 13.0. The Labute approximate surface area is 443 Å². The van der Waals surface area contributed by atoms with Gasteiger partial charge in [0.25, 0.3) is 7.82 Å². The van der Waals surface area contributed by atoms with Gasteiger partial charge in [0.1, 0.15) is 13.2 Å². The molecule has 0 spiro atoms. The van der Waals surface area contributed by atoms with Crippen LogP contribution in [0, 0.1) is 0 Å². The number of nitrogens with one attached hydrogen (secondary N) is 1. The number of carbonyl (C=O) groups is 1. The normalized spacial score (nSPS) is 14.0. The smallest absolute Gasteiger partial charge is 0.268 e. The number of phosphoric ester groups is 1. The number of amides is 1. The SMILES string of the molecule is CCCCCCCCCCCCCCCCCCCCCCCCCCCC/C=C/CC/C=C/C(O)C(COP(=O)([O-])OCC[N+](C)(C)C)NC(=O)CCCCCCCCCCCCCCCCCCC. The van der Waals surface area contributed by atoms with E-state index in [0.717, 1.165) is 38.5 Å². The molecule has 0 fully saturated rings. The van der Waals surface area contributed by atoms with Crippen LogP contribution in [0.15, 0.2) is 24.3 Å². The van der Waals surface area contributed by atoms with Gasteiger partial charge in [-0.1, -0.05) is 301 Å². The van der Waals surface area contributed by atoms with Crippen molar-refractivity contribution in [3.63, 3.8) is 0 Å². The van der Waals surface area contributed by atoms with Crippen LogP contribution in [0.25, 0.3) is 0 Å².